The number of aromatic nitrogens is 2. The Balaban J connectivity index is 1.03. The van der Waals surface area contributed by atoms with Crippen molar-refractivity contribution in [1.29, 1.82) is 0 Å². The van der Waals surface area contributed by atoms with E-state index < -0.39 is 0 Å². The predicted molar refractivity (Wildman–Crippen MR) is 292 cm³/mol. The van der Waals surface area contributed by atoms with Crippen LogP contribution in [0, 0.1) is 0 Å². The molecule has 0 unspecified atom stereocenters. The van der Waals surface area contributed by atoms with E-state index in [0.29, 0.717) is 0 Å². The van der Waals surface area contributed by atoms with Crippen molar-refractivity contribution in [3.8, 4) is 55.9 Å². The summed E-state index contributed by atoms with van der Waals surface area (Å²) in [4.78, 5) is 2.46. The molecule has 0 N–H and O–H groups in total. The maximum atomic E-state index is 2.46. The molecule has 0 saturated carbocycles. The van der Waals surface area contributed by atoms with E-state index >= 15 is 0 Å². The van der Waals surface area contributed by atoms with E-state index in [1.54, 1.807) is 0 Å². The van der Waals surface area contributed by atoms with Gasteiger partial charge in [0.05, 0.1) is 27.8 Å². The second-order valence-corrected chi connectivity index (χ2v) is 17.7. The van der Waals surface area contributed by atoms with E-state index in [9.17, 15) is 0 Å². The number of para-hydroxylation sites is 5. The summed E-state index contributed by atoms with van der Waals surface area (Å²) in [6.45, 7) is 0. The lowest BCUT2D eigenvalue weighted by atomic mass is 9.88. The van der Waals surface area contributed by atoms with Crippen LogP contribution in [0.5, 0.6) is 0 Å². The van der Waals surface area contributed by atoms with Crippen LogP contribution in [0.25, 0.3) is 99.5 Å². The first kappa shape index (κ1) is 40.1. The Morgan fingerprint density at radius 3 is 1.36 bits per heavy atom. The lowest BCUT2D eigenvalue weighted by molar-refractivity contribution is 1.18. The lowest BCUT2D eigenvalue weighted by Gasteiger charge is -2.29. The van der Waals surface area contributed by atoms with Gasteiger partial charge in [0.2, 0.25) is 0 Å². The highest BCUT2D eigenvalue weighted by atomic mass is 15.1. The second-order valence-electron chi connectivity index (χ2n) is 17.7. The summed E-state index contributed by atoms with van der Waals surface area (Å²) >= 11 is 0. The summed E-state index contributed by atoms with van der Waals surface area (Å²) in [5.41, 5.74) is 19.6. The predicted octanol–water partition coefficient (Wildman–Crippen LogP) is 18.0. The average Bonchev–Trinajstić information content (AvgIpc) is 3.94. The minimum atomic E-state index is 1.07. The van der Waals surface area contributed by atoms with Crippen LogP contribution in [-0.4, -0.2) is 9.13 Å². The number of benzene rings is 11. The Morgan fingerprint density at radius 1 is 0.232 bits per heavy atom. The van der Waals surface area contributed by atoms with Crippen LogP contribution in [0.1, 0.15) is 0 Å². The molecule has 13 rings (SSSR count). The SMILES string of the molecule is c1ccc(-c2ccccc2-c2ccccc2-c2ccccc2N(c2cccc(-c3ccc4c(c3)c3ccccc3n4-c3ccccc3)c2)c2ccc3c4ccccc4n(-c4ccccc4)c3c2)cc1. The molecule has 11 aromatic carbocycles. The van der Waals surface area contributed by atoms with Crippen molar-refractivity contribution in [1.82, 2.24) is 9.13 Å². The van der Waals surface area contributed by atoms with Crippen LogP contribution in [-0.2, 0) is 0 Å². The Kier molecular flexibility index (Phi) is 9.84. The quantitative estimate of drug-likeness (QED) is 0.141. The van der Waals surface area contributed by atoms with Gasteiger partial charge in [0, 0.05) is 49.9 Å². The Bertz CT molecular complexity index is 4010. The molecule has 3 nitrogen and oxygen atoms in total. The zero-order chi connectivity index (χ0) is 45.7. The van der Waals surface area contributed by atoms with E-state index in [2.05, 4.69) is 287 Å². The number of hydrogen-bond acceptors (Lipinski definition) is 1. The molecule has 3 heteroatoms. The molecule has 0 spiro atoms. The van der Waals surface area contributed by atoms with Crippen LogP contribution >= 0.6 is 0 Å². The van der Waals surface area contributed by atoms with Crippen LogP contribution < -0.4 is 4.90 Å². The molecule has 0 bridgehead atoms. The monoisotopic (exact) mass is 879 g/mol. The molecule has 69 heavy (non-hydrogen) atoms. The second kappa shape index (κ2) is 16.9. The third-order valence-electron chi connectivity index (χ3n) is 13.7. The summed E-state index contributed by atoms with van der Waals surface area (Å²) in [7, 11) is 0. The molecule has 0 aliphatic rings. The van der Waals surface area contributed by atoms with E-state index in [1.165, 1.54) is 60.3 Å². The average molecular weight is 880 g/mol. The highest BCUT2D eigenvalue weighted by Gasteiger charge is 2.23. The molecule has 0 saturated heterocycles. The molecule has 0 fully saturated rings. The zero-order valence-electron chi connectivity index (χ0n) is 37.8. The fraction of sp³-hybridized carbons (Fsp3) is 0. The van der Waals surface area contributed by atoms with E-state index in [-0.39, 0.29) is 0 Å². The zero-order valence-corrected chi connectivity index (χ0v) is 37.8. The van der Waals surface area contributed by atoms with Gasteiger partial charge >= 0.3 is 0 Å². The van der Waals surface area contributed by atoms with Crippen molar-refractivity contribution in [2.24, 2.45) is 0 Å². The van der Waals surface area contributed by atoms with Crippen LogP contribution in [0.15, 0.2) is 273 Å². The lowest BCUT2D eigenvalue weighted by Crippen LogP contribution is -2.11. The molecule has 2 heterocycles. The van der Waals surface area contributed by atoms with Crippen molar-refractivity contribution in [3.05, 3.63) is 273 Å². The number of hydrogen-bond donors (Lipinski definition) is 0. The fourth-order valence-electron chi connectivity index (χ4n) is 10.6. The minimum Gasteiger partial charge on any atom is -0.310 e. The first-order valence-corrected chi connectivity index (χ1v) is 23.7. The first-order valence-electron chi connectivity index (χ1n) is 23.7. The maximum Gasteiger partial charge on any atom is 0.0561 e. The molecular weight excluding hydrogens is 835 g/mol. The topological polar surface area (TPSA) is 13.1 Å². The minimum absolute atomic E-state index is 1.07. The van der Waals surface area contributed by atoms with Gasteiger partial charge in [-0.15, -0.1) is 0 Å². The van der Waals surface area contributed by atoms with E-state index in [0.717, 1.165) is 56.2 Å². The molecule has 0 aliphatic carbocycles. The molecule has 0 radical (unpaired) electrons. The Morgan fingerprint density at radius 2 is 0.681 bits per heavy atom. The van der Waals surface area contributed by atoms with Gasteiger partial charge in [-0.3, -0.25) is 0 Å². The van der Waals surface area contributed by atoms with Crippen LogP contribution in [0.2, 0.25) is 0 Å². The van der Waals surface area contributed by atoms with Gasteiger partial charge in [0.25, 0.3) is 0 Å². The smallest absolute Gasteiger partial charge is 0.0561 e. The largest absolute Gasteiger partial charge is 0.310 e. The summed E-state index contributed by atoms with van der Waals surface area (Å²) in [6, 6.07) is 99.2. The third-order valence-corrected chi connectivity index (χ3v) is 13.7. The van der Waals surface area contributed by atoms with Gasteiger partial charge in [-0.1, -0.05) is 194 Å². The van der Waals surface area contributed by atoms with Crippen molar-refractivity contribution >= 4 is 60.7 Å². The van der Waals surface area contributed by atoms with Gasteiger partial charge in [0.15, 0.2) is 0 Å². The molecule has 13 aromatic rings. The molecular formula is C66H45N3. The summed E-state index contributed by atoms with van der Waals surface area (Å²) in [5, 5.41) is 4.91. The first-order chi connectivity index (χ1) is 34.3. The number of rotatable bonds is 9. The van der Waals surface area contributed by atoms with Gasteiger partial charge < -0.3 is 14.0 Å². The van der Waals surface area contributed by atoms with Crippen molar-refractivity contribution in [2.75, 3.05) is 4.90 Å². The van der Waals surface area contributed by atoms with Gasteiger partial charge in [-0.05, 0) is 118 Å². The maximum absolute atomic E-state index is 2.46. The summed E-state index contributed by atoms with van der Waals surface area (Å²) in [6.07, 6.45) is 0. The van der Waals surface area contributed by atoms with Crippen molar-refractivity contribution < 1.29 is 0 Å². The van der Waals surface area contributed by atoms with Crippen LogP contribution in [0.4, 0.5) is 17.1 Å². The molecule has 0 atom stereocenters. The molecule has 0 aliphatic heterocycles. The number of fused-ring (bicyclic) bond motifs is 6. The standard InChI is InChI=1S/C66H45N3/c1-4-21-46(22-5-1)53-29-10-11-30-54(53)55-31-12-13-32-56(55)57-33-14-17-36-62(57)67(52-40-41-60-58-34-15-18-37-63(58)69(66(60)45-52)50-26-8-3-9-27-50)51-28-20-23-47(43-51)48-39-42-65-61(44-48)59-35-16-19-38-64(59)68(65)49-24-6-2-7-25-49/h1-45H. The van der Waals surface area contributed by atoms with Gasteiger partial charge in [-0.25, -0.2) is 0 Å². The van der Waals surface area contributed by atoms with Crippen molar-refractivity contribution in [2.45, 2.75) is 0 Å². The summed E-state index contributed by atoms with van der Waals surface area (Å²) < 4.78 is 4.79. The summed E-state index contributed by atoms with van der Waals surface area (Å²) in [5.74, 6) is 0. The third kappa shape index (κ3) is 6.91. The van der Waals surface area contributed by atoms with Gasteiger partial charge in [0.1, 0.15) is 0 Å². The van der Waals surface area contributed by atoms with E-state index in [1.807, 2.05) is 0 Å². The van der Waals surface area contributed by atoms with Crippen molar-refractivity contribution in [3.63, 3.8) is 0 Å². The van der Waals surface area contributed by atoms with Gasteiger partial charge in [-0.2, -0.15) is 0 Å². The van der Waals surface area contributed by atoms with E-state index in [4.69, 9.17) is 0 Å². The Hall–Kier alpha value is -9.18. The number of nitrogens with zero attached hydrogens (tertiary/aromatic N) is 3. The molecule has 2 aromatic heterocycles. The molecule has 0 amide bonds. The molecule has 324 valence electrons. The van der Waals surface area contributed by atoms with Crippen LogP contribution in [0.3, 0.4) is 0 Å². The normalized spacial score (nSPS) is 11.5. The highest BCUT2D eigenvalue weighted by molar-refractivity contribution is 6.12. The highest BCUT2D eigenvalue weighted by Crippen LogP contribution is 2.47. The number of anilines is 3. The Labute approximate surface area is 401 Å². The fourth-order valence-corrected chi connectivity index (χ4v) is 10.6.